The maximum absolute atomic E-state index is 11.9. The van der Waals surface area contributed by atoms with Gasteiger partial charge in [0.15, 0.2) is 0 Å². The van der Waals surface area contributed by atoms with Crippen molar-refractivity contribution >= 4 is 11.6 Å². The summed E-state index contributed by atoms with van der Waals surface area (Å²) in [5.41, 5.74) is 7.37. The van der Waals surface area contributed by atoms with Crippen LogP contribution in [0.5, 0.6) is 0 Å². The molecule has 1 aliphatic rings. The third-order valence-electron chi connectivity index (χ3n) is 3.61. The van der Waals surface area contributed by atoms with Gasteiger partial charge in [-0.2, -0.15) is 0 Å². The van der Waals surface area contributed by atoms with Crippen molar-refractivity contribution in [2.45, 2.75) is 31.9 Å². The molecule has 0 aliphatic carbocycles. The number of benzene rings is 1. The largest absolute Gasteiger partial charge is 0.392 e. The van der Waals surface area contributed by atoms with Gasteiger partial charge in [0.25, 0.3) is 0 Å². The predicted molar refractivity (Wildman–Crippen MR) is 79.3 cm³/mol. The molecular weight excluding hydrogens is 254 g/mol. The Hall–Kier alpha value is -1.43. The summed E-state index contributed by atoms with van der Waals surface area (Å²) in [5.74, 6) is 0.00515. The van der Waals surface area contributed by atoms with Crippen LogP contribution in [-0.2, 0) is 11.3 Å². The number of hydrogen-bond donors (Lipinski definition) is 3. The van der Waals surface area contributed by atoms with Gasteiger partial charge < -0.3 is 21.1 Å². The Morgan fingerprint density at radius 1 is 1.40 bits per heavy atom. The number of amides is 1. The minimum atomic E-state index is -0.240. The first kappa shape index (κ1) is 15.0. The van der Waals surface area contributed by atoms with Crippen LogP contribution in [0.1, 0.15) is 24.8 Å². The highest BCUT2D eigenvalue weighted by molar-refractivity contribution is 5.90. The summed E-state index contributed by atoms with van der Waals surface area (Å²) in [6.07, 6.45) is 2.08. The molecular formula is C15H23N3O2. The van der Waals surface area contributed by atoms with Crippen molar-refractivity contribution in [1.29, 1.82) is 0 Å². The SMILES string of the molecule is NCc1ccc(NC(=O)CCN2CCCC(O)C2)cc1. The number of carbonyl (C=O) groups excluding carboxylic acids is 1. The molecule has 1 aliphatic heterocycles. The van der Waals surface area contributed by atoms with Crippen LogP contribution in [0.15, 0.2) is 24.3 Å². The lowest BCUT2D eigenvalue weighted by Crippen LogP contribution is -2.39. The van der Waals surface area contributed by atoms with E-state index in [4.69, 9.17) is 5.73 Å². The van der Waals surface area contributed by atoms with E-state index in [0.29, 0.717) is 26.1 Å². The number of likely N-dealkylation sites (tertiary alicyclic amines) is 1. The van der Waals surface area contributed by atoms with Crippen LogP contribution in [0.25, 0.3) is 0 Å². The summed E-state index contributed by atoms with van der Waals surface area (Å²) in [6.45, 7) is 2.85. The van der Waals surface area contributed by atoms with Crippen LogP contribution in [0.2, 0.25) is 0 Å². The van der Waals surface area contributed by atoms with E-state index < -0.39 is 0 Å². The molecule has 1 saturated heterocycles. The number of aliphatic hydroxyl groups is 1. The first-order chi connectivity index (χ1) is 9.67. The summed E-state index contributed by atoms with van der Waals surface area (Å²) in [7, 11) is 0. The summed E-state index contributed by atoms with van der Waals surface area (Å²) < 4.78 is 0. The zero-order valence-electron chi connectivity index (χ0n) is 11.7. The molecule has 1 aromatic carbocycles. The topological polar surface area (TPSA) is 78.6 Å². The Balaban J connectivity index is 1.74. The molecule has 1 atom stereocenters. The maximum atomic E-state index is 11.9. The number of nitrogens with two attached hydrogens (primary N) is 1. The highest BCUT2D eigenvalue weighted by atomic mass is 16.3. The first-order valence-electron chi connectivity index (χ1n) is 7.16. The van der Waals surface area contributed by atoms with E-state index in [1.807, 2.05) is 24.3 Å². The molecule has 1 fully saturated rings. The lowest BCUT2D eigenvalue weighted by molar-refractivity contribution is -0.116. The van der Waals surface area contributed by atoms with E-state index in [1.54, 1.807) is 0 Å². The van der Waals surface area contributed by atoms with Gasteiger partial charge in [-0.15, -0.1) is 0 Å². The number of anilines is 1. The van der Waals surface area contributed by atoms with Crippen LogP contribution in [-0.4, -0.2) is 41.7 Å². The van der Waals surface area contributed by atoms with Crippen LogP contribution >= 0.6 is 0 Å². The zero-order chi connectivity index (χ0) is 14.4. The van der Waals surface area contributed by atoms with Crippen molar-refractivity contribution in [3.63, 3.8) is 0 Å². The number of β-amino-alcohol motifs (C(OH)–C–C–N with tert-alkyl or cyclic N) is 1. The number of rotatable bonds is 5. The molecule has 5 nitrogen and oxygen atoms in total. The number of nitrogens with zero attached hydrogens (tertiary/aromatic N) is 1. The molecule has 1 unspecified atom stereocenters. The van der Waals surface area contributed by atoms with Crippen molar-refractivity contribution < 1.29 is 9.90 Å². The fourth-order valence-corrected chi connectivity index (χ4v) is 2.44. The number of piperidine rings is 1. The Kier molecular flexibility index (Phi) is 5.52. The molecule has 0 saturated carbocycles. The Bertz CT molecular complexity index is 433. The molecule has 2 rings (SSSR count). The van der Waals surface area contributed by atoms with Crippen LogP contribution < -0.4 is 11.1 Å². The van der Waals surface area contributed by atoms with Crippen LogP contribution in [0, 0.1) is 0 Å². The number of nitrogens with one attached hydrogen (secondary N) is 1. The maximum Gasteiger partial charge on any atom is 0.225 e. The van der Waals surface area contributed by atoms with Gasteiger partial charge in [-0.1, -0.05) is 12.1 Å². The summed E-state index contributed by atoms with van der Waals surface area (Å²) in [4.78, 5) is 14.0. The van der Waals surface area contributed by atoms with Gasteiger partial charge in [0.1, 0.15) is 0 Å². The van der Waals surface area contributed by atoms with Crippen LogP contribution in [0.4, 0.5) is 5.69 Å². The smallest absolute Gasteiger partial charge is 0.225 e. The standard InChI is InChI=1S/C15H23N3O2/c16-10-12-3-5-13(6-4-12)17-15(20)7-9-18-8-1-2-14(19)11-18/h3-6,14,19H,1-2,7-11,16H2,(H,17,20). The summed E-state index contributed by atoms with van der Waals surface area (Å²) in [5, 5.41) is 12.5. The number of carbonyl (C=O) groups is 1. The normalized spacial score (nSPS) is 19.8. The van der Waals surface area contributed by atoms with E-state index in [9.17, 15) is 9.90 Å². The van der Waals surface area contributed by atoms with E-state index in [-0.39, 0.29) is 12.0 Å². The van der Waals surface area contributed by atoms with Crippen molar-refractivity contribution in [3.8, 4) is 0 Å². The minimum absolute atomic E-state index is 0.00515. The van der Waals surface area contributed by atoms with Crippen molar-refractivity contribution in [3.05, 3.63) is 29.8 Å². The van der Waals surface area contributed by atoms with Crippen molar-refractivity contribution in [2.24, 2.45) is 5.73 Å². The number of hydrogen-bond acceptors (Lipinski definition) is 4. The van der Waals surface area contributed by atoms with Crippen LogP contribution in [0.3, 0.4) is 0 Å². The molecule has 1 heterocycles. The second kappa shape index (κ2) is 7.38. The minimum Gasteiger partial charge on any atom is -0.392 e. The molecule has 0 bridgehead atoms. The third kappa shape index (κ3) is 4.59. The van der Waals surface area contributed by atoms with E-state index in [0.717, 1.165) is 30.6 Å². The molecule has 0 aromatic heterocycles. The van der Waals surface area contributed by atoms with Crippen molar-refractivity contribution in [2.75, 3.05) is 25.0 Å². The molecule has 0 spiro atoms. The van der Waals surface area contributed by atoms with Gasteiger partial charge in [-0.05, 0) is 37.1 Å². The van der Waals surface area contributed by atoms with Gasteiger partial charge in [0.2, 0.25) is 5.91 Å². The predicted octanol–water partition coefficient (Wildman–Crippen LogP) is 0.931. The average Bonchev–Trinajstić information content (AvgIpc) is 2.46. The monoisotopic (exact) mass is 277 g/mol. The molecule has 5 heteroatoms. The lowest BCUT2D eigenvalue weighted by atomic mass is 10.1. The van der Waals surface area contributed by atoms with E-state index >= 15 is 0 Å². The Labute approximate surface area is 119 Å². The second-order valence-corrected chi connectivity index (χ2v) is 5.30. The van der Waals surface area contributed by atoms with Crippen molar-refractivity contribution in [1.82, 2.24) is 4.90 Å². The summed E-state index contributed by atoms with van der Waals surface area (Å²) in [6, 6.07) is 7.56. The van der Waals surface area contributed by atoms with Gasteiger partial charge in [0, 0.05) is 31.7 Å². The van der Waals surface area contributed by atoms with E-state index in [1.165, 1.54) is 0 Å². The zero-order valence-corrected chi connectivity index (χ0v) is 11.7. The Morgan fingerprint density at radius 2 is 2.15 bits per heavy atom. The second-order valence-electron chi connectivity index (χ2n) is 5.30. The Morgan fingerprint density at radius 3 is 2.80 bits per heavy atom. The van der Waals surface area contributed by atoms with Gasteiger partial charge in [-0.25, -0.2) is 0 Å². The van der Waals surface area contributed by atoms with Gasteiger partial charge in [0.05, 0.1) is 6.10 Å². The third-order valence-corrected chi connectivity index (χ3v) is 3.61. The fraction of sp³-hybridized carbons (Fsp3) is 0.533. The fourth-order valence-electron chi connectivity index (χ4n) is 2.44. The highest BCUT2D eigenvalue weighted by Gasteiger charge is 2.17. The summed E-state index contributed by atoms with van der Waals surface area (Å²) >= 11 is 0. The quantitative estimate of drug-likeness (QED) is 0.748. The van der Waals surface area contributed by atoms with E-state index in [2.05, 4.69) is 10.2 Å². The molecule has 0 radical (unpaired) electrons. The van der Waals surface area contributed by atoms with Gasteiger partial charge in [-0.3, -0.25) is 4.79 Å². The molecule has 1 amide bonds. The highest BCUT2D eigenvalue weighted by Crippen LogP contribution is 2.12. The molecule has 110 valence electrons. The average molecular weight is 277 g/mol. The first-order valence-corrected chi connectivity index (χ1v) is 7.16. The molecule has 20 heavy (non-hydrogen) atoms. The molecule has 1 aromatic rings. The molecule has 4 N–H and O–H groups in total. The lowest BCUT2D eigenvalue weighted by Gasteiger charge is -2.29. The number of aliphatic hydroxyl groups excluding tert-OH is 1. The van der Waals surface area contributed by atoms with Gasteiger partial charge >= 0.3 is 0 Å².